The second-order valence-corrected chi connectivity index (χ2v) is 17.5. The van der Waals surface area contributed by atoms with Crippen molar-refractivity contribution in [2.75, 3.05) is 6.61 Å². The second kappa shape index (κ2) is 12.1. The molecule has 0 radical (unpaired) electrons. The van der Waals surface area contributed by atoms with Gasteiger partial charge in [-0.2, -0.15) is 0 Å². The van der Waals surface area contributed by atoms with Crippen LogP contribution >= 0.6 is 0 Å². The molecule has 0 bridgehead atoms. The summed E-state index contributed by atoms with van der Waals surface area (Å²) in [7, 11) is 0. The molecule has 5 fully saturated rings. The van der Waals surface area contributed by atoms with Crippen molar-refractivity contribution in [3.63, 3.8) is 0 Å². The molecule has 0 aromatic heterocycles. The Morgan fingerprint density at radius 1 is 0.933 bits per heavy atom. The van der Waals surface area contributed by atoms with Crippen LogP contribution in [-0.2, 0) is 9.47 Å². The summed E-state index contributed by atoms with van der Waals surface area (Å²) in [4.78, 5) is 0. The zero-order valence-electron chi connectivity index (χ0n) is 28.8. The molecule has 16 atom stereocenters. The summed E-state index contributed by atoms with van der Waals surface area (Å²) in [6.07, 6.45) is -0.603. The Labute approximate surface area is 270 Å². The van der Waals surface area contributed by atoms with Gasteiger partial charge in [0, 0.05) is 0 Å². The zero-order chi connectivity index (χ0) is 33.5. The van der Waals surface area contributed by atoms with Crippen LogP contribution in [0.25, 0.3) is 0 Å². The predicted octanol–water partition coefficient (Wildman–Crippen LogP) is 3.30. The number of rotatable bonds is 7. The largest absolute Gasteiger partial charge is 0.394 e. The van der Waals surface area contributed by atoms with Gasteiger partial charge in [-0.3, -0.25) is 0 Å². The molecule has 45 heavy (non-hydrogen) atoms. The lowest BCUT2D eigenvalue weighted by molar-refractivity contribution is -0.346. The topological polar surface area (TPSA) is 160 Å². The van der Waals surface area contributed by atoms with Crippen molar-refractivity contribution in [2.45, 2.75) is 161 Å². The van der Waals surface area contributed by atoms with E-state index >= 15 is 0 Å². The van der Waals surface area contributed by atoms with Gasteiger partial charge in [0.2, 0.25) is 0 Å². The average Bonchev–Trinajstić information content (AvgIpc) is 3.33. The van der Waals surface area contributed by atoms with Gasteiger partial charge in [-0.05, 0) is 117 Å². The smallest absolute Gasteiger partial charge is 0.186 e. The number of allylic oxidation sites excluding steroid dienone is 2. The zero-order valence-corrected chi connectivity index (χ0v) is 28.8. The summed E-state index contributed by atoms with van der Waals surface area (Å²) in [5.74, 6) is -0.186. The van der Waals surface area contributed by atoms with E-state index in [9.17, 15) is 35.7 Å². The maximum absolute atomic E-state index is 12.1. The molecule has 9 nitrogen and oxygen atoms in total. The molecule has 5 rings (SSSR count). The van der Waals surface area contributed by atoms with Crippen molar-refractivity contribution >= 4 is 0 Å². The first-order valence-corrected chi connectivity index (χ1v) is 17.4. The summed E-state index contributed by atoms with van der Waals surface area (Å²) in [6.45, 7) is 16.6. The third-order valence-corrected chi connectivity index (χ3v) is 14.4. The van der Waals surface area contributed by atoms with Crippen LogP contribution in [0.3, 0.4) is 0 Å². The quantitative estimate of drug-likeness (QED) is 0.164. The summed E-state index contributed by atoms with van der Waals surface area (Å²) >= 11 is 0. The fourth-order valence-corrected chi connectivity index (χ4v) is 11.9. The van der Waals surface area contributed by atoms with Crippen LogP contribution in [0.5, 0.6) is 0 Å². The van der Waals surface area contributed by atoms with E-state index in [1.165, 1.54) is 5.57 Å². The first-order valence-electron chi connectivity index (χ1n) is 17.4. The lowest BCUT2D eigenvalue weighted by Crippen LogP contribution is -2.71. The molecule has 0 spiro atoms. The minimum absolute atomic E-state index is 0.0548. The molecule has 7 N–H and O–H groups in total. The van der Waals surface area contributed by atoms with Gasteiger partial charge in [-0.1, -0.05) is 46.3 Å². The van der Waals surface area contributed by atoms with E-state index in [-0.39, 0.29) is 39.9 Å². The van der Waals surface area contributed by atoms with Crippen LogP contribution in [-0.4, -0.2) is 97.0 Å². The van der Waals surface area contributed by atoms with Gasteiger partial charge < -0.3 is 45.2 Å². The van der Waals surface area contributed by atoms with Crippen LogP contribution in [0.15, 0.2) is 11.6 Å². The van der Waals surface area contributed by atoms with Gasteiger partial charge in [0.25, 0.3) is 0 Å². The Morgan fingerprint density at radius 2 is 1.60 bits per heavy atom. The predicted molar refractivity (Wildman–Crippen MR) is 170 cm³/mol. The molecule has 260 valence electrons. The molecule has 0 aromatic carbocycles. The Hall–Kier alpha value is -0.620. The molecule has 4 aliphatic carbocycles. The highest BCUT2D eigenvalue weighted by Crippen LogP contribution is 2.76. The number of hydrogen-bond donors (Lipinski definition) is 7. The van der Waals surface area contributed by atoms with E-state index in [2.05, 4.69) is 54.5 Å². The highest BCUT2D eigenvalue weighted by molar-refractivity contribution is 5.22. The van der Waals surface area contributed by atoms with Gasteiger partial charge in [0.05, 0.1) is 30.5 Å². The third kappa shape index (κ3) is 5.48. The van der Waals surface area contributed by atoms with Crippen LogP contribution in [0.4, 0.5) is 0 Å². The standard InChI is InChI=1S/C36H62O9/c1-19(2)10-9-13-36(8,43)20-11-15-34(6)26(20)21(38)16-24-33(5)14-12-25(39)32(3,4)30(33)22(17-35(24,34)7)44-31-29(42)28(41)27(40)23(18-37)45-31/h10,20-31,37-43H,9,11-18H2,1-8H3/t20-,21+,22-,23?,24+,25-,26-,27?,28?,29?,30-,31?,33+,34+,35+,36-/m0/s1. The minimum atomic E-state index is -1.54. The average molecular weight is 639 g/mol. The van der Waals surface area contributed by atoms with Gasteiger partial charge in [-0.15, -0.1) is 0 Å². The summed E-state index contributed by atoms with van der Waals surface area (Å²) in [6, 6.07) is 0. The first kappa shape index (κ1) is 35.7. The van der Waals surface area contributed by atoms with E-state index in [4.69, 9.17) is 9.47 Å². The Balaban J connectivity index is 1.54. The molecule has 1 heterocycles. The molecule has 5 aliphatic rings. The number of fused-ring (bicyclic) bond motifs is 5. The van der Waals surface area contributed by atoms with Gasteiger partial charge in [-0.25, -0.2) is 0 Å². The highest BCUT2D eigenvalue weighted by atomic mass is 16.7. The van der Waals surface area contributed by atoms with Crippen molar-refractivity contribution in [2.24, 2.45) is 45.3 Å². The van der Waals surface area contributed by atoms with E-state index in [1.54, 1.807) is 0 Å². The van der Waals surface area contributed by atoms with Crippen molar-refractivity contribution in [3.8, 4) is 0 Å². The number of hydrogen-bond acceptors (Lipinski definition) is 9. The fourth-order valence-electron chi connectivity index (χ4n) is 11.9. The second-order valence-electron chi connectivity index (χ2n) is 17.5. The normalized spacial score (nSPS) is 52.2. The highest BCUT2D eigenvalue weighted by Gasteiger charge is 2.73. The summed E-state index contributed by atoms with van der Waals surface area (Å²) in [5, 5.41) is 77.2. The van der Waals surface area contributed by atoms with Crippen LogP contribution in [0.2, 0.25) is 0 Å². The summed E-state index contributed by atoms with van der Waals surface area (Å²) in [5.41, 5.74) is -1.21. The van der Waals surface area contributed by atoms with Gasteiger partial charge >= 0.3 is 0 Å². The molecular formula is C36H62O9. The van der Waals surface area contributed by atoms with Crippen LogP contribution in [0, 0.1) is 45.3 Å². The lowest BCUT2D eigenvalue weighted by atomic mass is 9.34. The van der Waals surface area contributed by atoms with E-state index in [0.29, 0.717) is 25.7 Å². The first-order chi connectivity index (χ1) is 20.8. The van der Waals surface area contributed by atoms with Crippen LogP contribution < -0.4 is 0 Å². The van der Waals surface area contributed by atoms with E-state index in [1.807, 2.05) is 6.92 Å². The number of aliphatic hydroxyl groups excluding tert-OH is 6. The fraction of sp³-hybridized carbons (Fsp3) is 0.944. The Morgan fingerprint density at radius 3 is 2.22 bits per heavy atom. The Kier molecular flexibility index (Phi) is 9.56. The van der Waals surface area contributed by atoms with E-state index < -0.39 is 66.6 Å². The number of ether oxygens (including phenoxy) is 2. The molecule has 1 aliphatic heterocycles. The lowest BCUT2D eigenvalue weighted by Gasteiger charge is -2.72. The molecule has 4 saturated carbocycles. The van der Waals surface area contributed by atoms with Crippen molar-refractivity contribution in [1.82, 2.24) is 0 Å². The molecule has 1 saturated heterocycles. The third-order valence-electron chi connectivity index (χ3n) is 14.4. The molecule has 5 unspecified atom stereocenters. The molecule has 0 amide bonds. The van der Waals surface area contributed by atoms with Crippen molar-refractivity contribution in [3.05, 3.63) is 11.6 Å². The monoisotopic (exact) mass is 638 g/mol. The Bertz CT molecular complexity index is 1100. The van der Waals surface area contributed by atoms with Crippen LogP contribution in [0.1, 0.15) is 107 Å². The summed E-state index contributed by atoms with van der Waals surface area (Å²) < 4.78 is 12.6. The number of aliphatic hydroxyl groups is 7. The van der Waals surface area contributed by atoms with Gasteiger partial charge in [0.15, 0.2) is 6.29 Å². The van der Waals surface area contributed by atoms with Crippen molar-refractivity contribution in [1.29, 1.82) is 0 Å². The maximum atomic E-state index is 12.1. The minimum Gasteiger partial charge on any atom is -0.394 e. The van der Waals surface area contributed by atoms with Crippen molar-refractivity contribution < 1.29 is 45.2 Å². The van der Waals surface area contributed by atoms with Gasteiger partial charge in [0.1, 0.15) is 24.4 Å². The maximum Gasteiger partial charge on any atom is 0.186 e. The molecule has 9 heteroatoms. The molecule has 0 aromatic rings. The van der Waals surface area contributed by atoms with E-state index in [0.717, 1.165) is 25.7 Å². The SMILES string of the molecule is CC(C)=CCC[C@](C)(O)[C@H]1CC[C@]2(C)[C@@H]1[C@H](O)C[C@@H]1[C@@]3(C)CC[C@H](O)C(C)(C)[C@@H]3[C@@H](OC3OC(CO)C(O)C(O)C3O)C[C@]12C. The molecular weight excluding hydrogens is 576 g/mol.